The van der Waals surface area contributed by atoms with Crippen molar-refractivity contribution in [3.05, 3.63) is 142 Å². The van der Waals surface area contributed by atoms with Gasteiger partial charge in [-0.15, -0.1) is 0 Å². The molecule has 0 bridgehead atoms. The molecule has 37 heavy (non-hydrogen) atoms. The summed E-state index contributed by atoms with van der Waals surface area (Å²) in [6, 6.07) is 33.1. The first-order valence-corrected chi connectivity index (χ1v) is 12.9. The number of halogens is 2. The van der Waals surface area contributed by atoms with E-state index in [1.807, 2.05) is 0 Å². The second-order valence-electron chi connectivity index (χ2n) is 11.1. The highest BCUT2D eigenvalue weighted by Crippen LogP contribution is 2.61. The lowest BCUT2D eigenvalue weighted by Gasteiger charge is -2.42. The van der Waals surface area contributed by atoms with E-state index in [1.165, 1.54) is 62.2 Å². The molecule has 0 aromatic heterocycles. The minimum absolute atomic E-state index is 0.0136. The number of hydrogen-bond acceptors (Lipinski definition) is 0. The van der Waals surface area contributed by atoms with Crippen LogP contribution in [-0.4, -0.2) is 0 Å². The maximum Gasteiger partial charge on any atom is 0.159 e. The van der Waals surface area contributed by atoms with Crippen LogP contribution in [0.3, 0.4) is 0 Å². The minimum Gasteiger partial charge on any atom is -0.204 e. The Morgan fingerprint density at radius 3 is 1.65 bits per heavy atom. The van der Waals surface area contributed by atoms with Crippen LogP contribution in [-0.2, 0) is 5.41 Å². The summed E-state index contributed by atoms with van der Waals surface area (Å²) in [5, 5.41) is 0. The Balaban J connectivity index is 1.52. The highest BCUT2D eigenvalue weighted by molar-refractivity contribution is 5.90. The van der Waals surface area contributed by atoms with E-state index in [0.29, 0.717) is 0 Å². The molecule has 0 spiro atoms. The molecular formula is C35H24F2. The van der Waals surface area contributed by atoms with E-state index in [0.717, 1.165) is 16.7 Å². The molecule has 0 saturated carbocycles. The van der Waals surface area contributed by atoms with Gasteiger partial charge in [0.1, 0.15) is 0 Å². The van der Waals surface area contributed by atoms with Gasteiger partial charge in [-0.3, -0.25) is 0 Å². The van der Waals surface area contributed by atoms with Gasteiger partial charge in [-0.25, -0.2) is 8.78 Å². The SMILES string of the molecule is CC1(C)c2ccccc2-c2cc3c(cc21)-c1cc(F)c(F)cc1C1c2ccccc2-c2ccccc2C31. The lowest BCUT2D eigenvalue weighted by molar-refractivity contribution is 0.505. The van der Waals surface area contributed by atoms with Gasteiger partial charge in [0.15, 0.2) is 11.6 Å². The first-order valence-electron chi connectivity index (χ1n) is 12.9. The lowest BCUT2D eigenvalue weighted by atomic mass is 9.61. The Hall–Kier alpha value is -4.04. The molecule has 8 rings (SSSR count). The summed E-state index contributed by atoms with van der Waals surface area (Å²) in [6.45, 7) is 4.52. The molecule has 0 nitrogen and oxygen atoms in total. The van der Waals surface area contributed by atoms with Crippen LogP contribution < -0.4 is 0 Å². The molecule has 0 saturated heterocycles. The molecule has 5 aromatic carbocycles. The largest absolute Gasteiger partial charge is 0.204 e. The Labute approximate surface area is 215 Å². The van der Waals surface area contributed by atoms with Crippen molar-refractivity contribution in [2.75, 3.05) is 0 Å². The van der Waals surface area contributed by atoms with Crippen LogP contribution >= 0.6 is 0 Å². The van der Waals surface area contributed by atoms with Crippen molar-refractivity contribution in [1.82, 2.24) is 0 Å². The summed E-state index contributed by atoms with van der Waals surface area (Å²) in [4.78, 5) is 0. The third-order valence-corrected chi connectivity index (χ3v) is 9.02. The number of fused-ring (bicyclic) bond motifs is 14. The summed E-state index contributed by atoms with van der Waals surface area (Å²) >= 11 is 0. The monoisotopic (exact) mass is 482 g/mol. The Bertz CT molecular complexity index is 1790. The van der Waals surface area contributed by atoms with Crippen molar-refractivity contribution in [2.24, 2.45) is 0 Å². The van der Waals surface area contributed by atoms with Gasteiger partial charge in [0.2, 0.25) is 0 Å². The second-order valence-corrected chi connectivity index (χ2v) is 11.1. The molecule has 0 amide bonds. The smallest absolute Gasteiger partial charge is 0.159 e. The Morgan fingerprint density at radius 2 is 0.973 bits per heavy atom. The molecule has 0 radical (unpaired) electrons. The van der Waals surface area contributed by atoms with Gasteiger partial charge < -0.3 is 0 Å². The number of benzene rings is 5. The van der Waals surface area contributed by atoms with E-state index in [4.69, 9.17) is 0 Å². The average Bonchev–Trinajstić information content (AvgIpc) is 3.14. The summed E-state index contributed by atoms with van der Waals surface area (Å²) in [6.07, 6.45) is 0. The zero-order chi connectivity index (χ0) is 25.1. The highest BCUT2D eigenvalue weighted by Gasteiger charge is 2.44. The first kappa shape index (κ1) is 21.1. The van der Waals surface area contributed by atoms with E-state index < -0.39 is 11.6 Å². The van der Waals surface area contributed by atoms with Crippen molar-refractivity contribution in [1.29, 1.82) is 0 Å². The molecule has 2 atom stereocenters. The van der Waals surface area contributed by atoms with Crippen LogP contribution in [0.4, 0.5) is 8.78 Å². The van der Waals surface area contributed by atoms with Crippen LogP contribution in [0.1, 0.15) is 59.1 Å². The van der Waals surface area contributed by atoms with Gasteiger partial charge in [0.05, 0.1) is 0 Å². The lowest BCUT2D eigenvalue weighted by Crippen LogP contribution is -2.25. The van der Waals surface area contributed by atoms with E-state index in [1.54, 1.807) is 0 Å². The maximum atomic E-state index is 14.9. The summed E-state index contributed by atoms with van der Waals surface area (Å²) < 4.78 is 29.7. The molecule has 2 heteroatoms. The first-order chi connectivity index (χ1) is 17.9. The van der Waals surface area contributed by atoms with Gasteiger partial charge in [0.25, 0.3) is 0 Å². The van der Waals surface area contributed by atoms with Gasteiger partial charge >= 0.3 is 0 Å². The van der Waals surface area contributed by atoms with Crippen molar-refractivity contribution in [2.45, 2.75) is 31.1 Å². The predicted octanol–water partition coefficient (Wildman–Crippen LogP) is 9.20. The zero-order valence-corrected chi connectivity index (χ0v) is 20.6. The molecule has 0 N–H and O–H groups in total. The Kier molecular flexibility index (Phi) is 4.01. The quantitative estimate of drug-likeness (QED) is 0.206. The van der Waals surface area contributed by atoms with E-state index in [2.05, 4.69) is 98.8 Å². The highest BCUT2D eigenvalue weighted by atomic mass is 19.2. The molecule has 3 aliphatic carbocycles. The van der Waals surface area contributed by atoms with Gasteiger partial charge in [0, 0.05) is 17.3 Å². The van der Waals surface area contributed by atoms with E-state index in [9.17, 15) is 8.78 Å². The topological polar surface area (TPSA) is 0 Å². The Morgan fingerprint density at radius 1 is 0.459 bits per heavy atom. The fourth-order valence-electron chi connectivity index (χ4n) is 7.39. The average molecular weight is 483 g/mol. The molecule has 0 fully saturated rings. The van der Waals surface area contributed by atoms with Gasteiger partial charge in [-0.2, -0.15) is 0 Å². The standard InChI is InChI=1S/C35H24F2/c1-35(2)29-14-8-7-11-21(29)26-15-27-24(16-30(26)35)25-17-31(36)32(37)18-28(25)34-23-13-6-4-10-20(23)19-9-3-5-12-22(19)33(27)34/h3-18,33-34H,1-2H3. The van der Waals surface area contributed by atoms with E-state index in [-0.39, 0.29) is 17.3 Å². The zero-order valence-electron chi connectivity index (χ0n) is 20.6. The third-order valence-electron chi connectivity index (χ3n) is 9.02. The van der Waals surface area contributed by atoms with Crippen molar-refractivity contribution in [3.8, 4) is 33.4 Å². The maximum absolute atomic E-state index is 14.9. The molecule has 0 aliphatic heterocycles. The van der Waals surface area contributed by atoms with Crippen molar-refractivity contribution >= 4 is 0 Å². The minimum atomic E-state index is -0.796. The molecular weight excluding hydrogens is 458 g/mol. The van der Waals surface area contributed by atoms with Crippen molar-refractivity contribution < 1.29 is 8.78 Å². The van der Waals surface area contributed by atoms with Crippen LogP contribution in [0.25, 0.3) is 33.4 Å². The fraction of sp³-hybridized carbons (Fsp3) is 0.143. The molecule has 178 valence electrons. The molecule has 2 unspecified atom stereocenters. The predicted molar refractivity (Wildman–Crippen MR) is 145 cm³/mol. The van der Waals surface area contributed by atoms with Gasteiger partial charge in [-0.05, 0) is 91.0 Å². The number of rotatable bonds is 0. The third kappa shape index (κ3) is 2.60. The van der Waals surface area contributed by atoms with Crippen LogP contribution in [0.15, 0.2) is 97.1 Å². The molecule has 5 aromatic rings. The molecule has 3 aliphatic rings. The van der Waals surface area contributed by atoms with Gasteiger partial charge in [-0.1, -0.05) is 86.6 Å². The number of hydrogen-bond donors (Lipinski definition) is 0. The van der Waals surface area contributed by atoms with Crippen LogP contribution in [0.2, 0.25) is 0 Å². The summed E-state index contributed by atoms with van der Waals surface area (Å²) in [5.74, 6) is -1.66. The summed E-state index contributed by atoms with van der Waals surface area (Å²) in [5.41, 5.74) is 13.6. The normalized spacial score (nSPS) is 19.0. The van der Waals surface area contributed by atoms with Crippen LogP contribution in [0, 0.1) is 11.6 Å². The fourth-order valence-corrected chi connectivity index (χ4v) is 7.39. The molecule has 0 heterocycles. The summed E-state index contributed by atoms with van der Waals surface area (Å²) in [7, 11) is 0. The second kappa shape index (κ2) is 7.04. The van der Waals surface area contributed by atoms with E-state index >= 15 is 0 Å². The van der Waals surface area contributed by atoms with Crippen molar-refractivity contribution in [3.63, 3.8) is 0 Å². The van der Waals surface area contributed by atoms with Crippen LogP contribution in [0.5, 0.6) is 0 Å².